The summed E-state index contributed by atoms with van der Waals surface area (Å²) in [5, 5.41) is 30.7. The van der Waals surface area contributed by atoms with Crippen LogP contribution in [-0.2, 0) is 4.74 Å². The quantitative estimate of drug-likeness (QED) is 0.327. The van der Waals surface area contributed by atoms with Crippen molar-refractivity contribution >= 4 is 0 Å². The van der Waals surface area contributed by atoms with Gasteiger partial charge in [-0.2, -0.15) is 0 Å². The van der Waals surface area contributed by atoms with Crippen LogP contribution in [0, 0.1) is 17.3 Å². The molecule has 3 N–H and O–H groups in total. The number of aliphatic hydroxyl groups excluding tert-OH is 2. The van der Waals surface area contributed by atoms with Gasteiger partial charge in [-0.25, -0.2) is 0 Å². The van der Waals surface area contributed by atoms with E-state index in [1.807, 2.05) is 0 Å². The van der Waals surface area contributed by atoms with E-state index in [1.165, 1.54) is 31.3 Å². The summed E-state index contributed by atoms with van der Waals surface area (Å²) < 4.78 is 6.37. The van der Waals surface area contributed by atoms with Crippen LogP contribution in [0.3, 0.4) is 0 Å². The Kier molecular flexibility index (Phi) is 9.65. The second kappa shape index (κ2) is 11.9. The predicted molar refractivity (Wildman–Crippen MR) is 140 cm³/mol. The molecule has 6 atom stereocenters. The number of ether oxygens (including phenoxy) is 1. The van der Waals surface area contributed by atoms with E-state index in [4.69, 9.17) is 4.74 Å². The van der Waals surface area contributed by atoms with Gasteiger partial charge in [0.2, 0.25) is 0 Å². The average Bonchev–Trinajstić information content (AvgIpc) is 3.17. The van der Waals surface area contributed by atoms with Gasteiger partial charge in [-0.05, 0) is 106 Å². The lowest BCUT2D eigenvalue weighted by atomic mass is 9.62. The van der Waals surface area contributed by atoms with Crippen LogP contribution < -0.4 is 0 Å². The third kappa shape index (κ3) is 6.24. The molecule has 0 heterocycles. The first kappa shape index (κ1) is 27.6. The van der Waals surface area contributed by atoms with Crippen LogP contribution in [0.2, 0.25) is 0 Å². The maximum absolute atomic E-state index is 10.5. The smallest absolute Gasteiger partial charge is 0.0811 e. The Morgan fingerprint density at radius 1 is 1.18 bits per heavy atom. The van der Waals surface area contributed by atoms with E-state index in [2.05, 4.69) is 46.4 Å². The Bertz CT molecular complexity index is 749. The van der Waals surface area contributed by atoms with Crippen molar-refractivity contribution in [1.29, 1.82) is 0 Å². The highest BCUT2D eigenvalue weighted by molar-refractivity contribution is 5.38. The number of aliphatic hydroxyl groups is 3. The number of allylic oxidation sites excluding steroid dienone is 3. The molecule has 3 aliphatic rings. The van der Waals surface area contributed by atoms with Gasteiger partial charge in [0.1, 0.15) is 0 Å². The van der Waals surface area contributed by atoms with Crippen molar-refractivity contribution < 1.29 is 20.1 Å². The van der Waals surface area contributed by atoms with Crippen LogP contribution in [-0.4, -0.2) is 45.8 Å². The summed E-state index contributed by atoms with van der Waals surface area (Å²) in [4.78, 5) is 0. The predicted octanol–water partition coefficient (Wildman–Crippen LogP) is 6.25. The van der Waals surface area contributed by atoms with Crippen LogP contribution in [0.4, 0.5) is 0 Å². The summed E-state index contributed by atoms with van der Waals surface area (Å²) in [5.74, 6) is 1.16. The summed E-state index contributed by atoms with van der Waals surface area (Å²) in [6.45, 7) is 13.7. The van der Waals surface area contributed by atoms with Crippen molar-refractivity contribution in [2.75, 3.05) is 6.61 Å². The lowest BCUT2D eigenvalue weighted by Gasteiger charge is -2.44. The van der Waals surface area contributed by atoms with Crippen LogP contribution in [0.25, 0.3) is 0 Å². The SMILES string of the molecule is C=C1/C(=C/C=C2\CCC[C@]3(C)[C@@H]([C@@H](C)OCCCCC(O)(CC)CC)CC[C@@H]23)C[C@@H](O)C[C@@H]1O. The molecule has 0 unspecified atom stereocenters. The van der Waals surface area contributed by atoms with Gasteiger partial charge in [0, 0.05) is 13.0 Å². The first-order valence-corrected chi connectivity index (χ1v) is 13.9. The average molecular weight is 475 g/mol. The van der Waals surface area contributed by atoms with Crippen LogP contribution >= 0.6 is 0 Å². The standard InChI is InChI=1S/C30H50O4/c1-6-30(33,7-2)17-8-9-18-34-22(4)26-14-15-27-23(11-10-16-29(26,27)5)12-13-24-19-25(31)20-28(32)21(24)3/h12-13,22,25-28,31-33H,3,6-11,14-20H2,1-2,4-5H3/b23-12+,24-13+/t22-,25-,26-,27+,28+,29-/m1/s1. The minimum atomic E-state index is -0.628. The molecule has 0 aromatic carbocycles. The largest absolute Gasteiger partial charge is 0.393 e. The van der Waals surface area contributed by atoms with Gasteiger partial charge in [-0.1, -0.05) is 45.1 Å². The fourth-order valence-corrected chi connectivity index (χ4v) is 7.06. The molecular formula is C30H50O4. The van der Waals surface area contributed by atoms with Crippen molar-refractivity contribution in [2.45, 2.75) is 129 Å². The Morgan fingerprint density at radius 3 is 2.62 bits per heavy atom. The lowest BCUT2D eigenvalue weighted by molar-refractivity contribution is -0.0289. The van der Waals surface area contributed by atoms with Gasteiger partial charge in [0.05, 0.1) is 23.9 Å². The molecule has 0 aliphatic heterocycles. The molecule has 0 aromatic heterocycles. The van der Waals surface area contributed by atoms with Crippen molar-refractivity contribution in [3.63, 3.8) is 0 Å². The molecular weight excluding hydrogens is 424 g/mol. The van der Waals surface area contributed by atoms with Crippen molar-refractivity contribution in [3.8, 4) is 0 Å². The van der Waals surface area contributed by atoms with E-state index in [1.54, 1.807) is 0 Å². The molecule has 0 amide bonds. The zero-order valence-electron chi connectivity index (χ0n) is 22.2. The van der Waals surface area contributed by atoms with Crippen molar-refractivity contribution in [3.05, 3.63) is 35.5 Å². The third-order valence-electron chi connectivity index (χ3n) is 9.60. The summed E-state index contributed by atoms with van der Waals surface area (Å²) in [7, 11) is 0. The molecule has 3 fully saturated rings. The molecule has 4 nitrogen and oxygen atoms in total. The second-order valence-electron chi connectivity index (χ2n) is 11.6. The number of fused-ring (bicyclic) bond motifs is 1. The highest BCUT2D eigenvalue weighted by Gasteiger charge is 2.51. The normalized spacial score (nSPS) is 35.7. The van der Waals surface area contributed by atoms with Gasteiger partial charge >= 0.3 is 0 Å². The second-order valence-corrected chi connectivity index (χ2v) is 11.6. The number of hydrogen-bond donors (Lipinski definition) is 3. The Balaban J connectivity index is 1.58. The molecule has 3 aliphatic carbocycles. The minimum Gasteiger partial charge on any atom is -0.393 e. The fourth-order valence-electron chi connectivity index (χ4n) is 7.06. The van der Waals surface area contributed by atoms with E-state index in [0.717, 1.165) is 56.3 Å². The Hall–Kier alpha value is -0.940. The Labute approximate surface area is 208 Å². The molecule has 0 bridgehead atoms. The third-order valence-corrected chi connectivity index (χ3v) is 9.60. The number of hydrogen-bond acceptors (Lipinski definition) is 4. The minimum absolute atomic E-state index is 0.257. The first-order valence-electron chi connectivity index (χ1n) is 13.9. The van der Waals surface area contributed by atoms with E-state index in [0.29, 0.717) is 24.7 Å². The molecule has 3 rings (SSSR count). The van der Waals surface area contributed by atoms with Gasteiger partial charge in [0.25, 0.3) is 0 Å². The van der Waals surface area contributed by atoms with E-state index in [9.17, 15) is 15.3 Å². The summed E-state index contributed by atoms with van der Waals surface area (Å²) >= 11 is 0. The van der Waals surface area contributed by atoms with Crippen molar-refractivity contribution in [1.82, 2.24) is 0 Å². The van der Waals surface area contributed by atoms with Gasteiger partial charge < -0.3 is 20.1 Å². The summed E-state index contributed by atoms with van der Waals surface area (Å²) in [6, 6.07) is 0. The molecule has 0 spiro atoms. The molecule has 4 heteroatoms. The summed E-state index contributed by atoms with van der Waals surface area (Å²) in [5.41, 5.74) is 3.06. The van der Waals surface area contributed by atoms with Gasteiger partial charge in [-0.3, -0.25) is 0 Å². The number of rotatable bonds is 10. The van der Waals surface area contributed by atoms with Crippen LogP contribution in [0.1, 0.15) is 105 Å². The first-order chi connectivity index (χ1) is 16.1. The number of unbranched alkanes of at least 4 members (excludes halogenated alkanes) is 1. The van der Waals surface area contributed by atoms with E-state index < -0.39 is 17.8 Å². The molecule has 3 saturated carbocycles. The topological polar surface area (TPSA) is 69.9 Å². The molecule has 34 heavy (non-hydrogen) atoms. The summed E-state index contributed by atoms with van der Waals surface area (Å²) in [6.07, 6.45) is 15.1. The zero-order chi connectivity index (χ0) is 24.9. The van der Waals surface area contributed by atoms with Crippen LogP contribution in [0.5, 0.6) is 0 Å². The van der Waals surface area contributed by atoms with E-state index >= 15 is 0 Å². The highest BCUT2D eigenvalue weighted by atomic mass is 16.5. The lowest BCUT2D eigenvalue weighted by Crippen LogP contribution is -2.38. The highest BCUT2D eigenvalue weighted by Crippen LogP contribution is 2.58. The maximum atomic E-state index is 10.5. The molecule has 0 saturated heterocycles. The monoisotopic (exact) mass is 474 g/mol. The van der Waals surface area contributed by atoms with Crippen LogP contribution in [0.15, 0.2) is 35.5 Å². The Morgan fingerprint density at radius 2 is 1.91 bits per heavy atom. The molecule has 0 radical (unpaired) electrons. The van der Waals surface area contributed by atoms with Crippen molar-refractivity contribution in [2.24, 2.45) is 17.3 Å². The molecule has 0 aromatic rings. The fraction of sp³-hybridized carbons (Fsp3) is 0.800. The van der Waals surface area contributed by atoms with E-state index in [-0.39, 0.29) is 11.5 Å². The maximum Gasteiger partial charge on any atom is 0.0811 e. The zero-order valence-corrected chi connectivity index (χ0v) is 22.2. The van der Waals surface area contributed by atoms with Gasteiger partial charge in [0.15, 0.2) is 0 Å². The molecule has 194 valence electrons. The van der Waals surface area contributed by atoms with Gasteiger partial charge in [-0.15, -0.1) is 0 Å².